The highest BCUT2D eigenvalue weighted by Crippen LogP contribution is 2.24. The van der Waals surface area contributed by atoms with Crippen LogP contribution in [0.3, 0.4) is 0 Å². The topological polar surface area (TPSA) is 67.9 Å². The molecular formula is C20H21ClN2O4. The van der Waals surface area contributed by atoms with E-state index in [0.29, 0.717) is 23.9 Å². The summed E-state index contributed by atoms with van der Waals surface area (Å²) in [5.41, 5.74) is 1.57. The minimum absolute atomic E-state index is 0.128. The van der Waals surface area contributed by atoms with Gasteiger partial charge in [-0.25, -0.2) is 4.79 Å². The molecule has 0 bridgehead atoms. The normalized spacial score (nSPS) is 16.1. The predicted octanol–water partition coefficient (Wildman–Crippen LogP) is 3.42. The van der Waals surface area contributed by atoms with Crippen molar-refractivity contribution in [3.63, 3.8) is 0 Å². The molecule has 0 saturated carbocycles. The Morgan fingerprint density at radius 2 is 2.07 bits per heavy atom. The molecule has 1 fully saturated rings. The van der Waals surface area contributed by atoms with Crippen molar-refractivity contribution in [1.29, 1.82) is 0 Å². The summed E-state index contributed by atoms with van der Waals surface area (Å²) in [5.74, 6) is 0.650. The van der Waals surface area contributed by atoms with Gasteiger partial charge in [0.15, 0.2) is 0 Å². The summed E-state index contributed by atoms with van der Waals surface area (Å²) in [6.45, 7) is 3.15. The Morgan fingerprint density at radius 3 is 2.78 bits per heavy atom. The first-order chi connectivity index (χ1) is 13.0. The molecular weight excluding hydrogens is 368 g/mol. The number of nitrogens with zero attached hydrogens (tertiary/aromatic N) is 1. The number of carbonyl (C=O) groups is 2. The van der Waals surface area contributed by atoms with E-state index in [1.165, 1.54) is 4.90 Å². The second-order valence-corrected chi connectivity index (χ2v) is 6.59. The Morgan fingerprint density at radius 1 is 1.30 bits per heavy atom. The number of halogens is 1. The van der Waals surface area contributed by atoms with Crippen LogP contribution in [-0.4, -0.2) is 37.8 Å². The second kappa shape index (κ2) is 8.77. The fourth-order valence-corrected chi connectivity index (χ4v) is 3.01. The van der Waals surface area contributed by atoms with Crippen LogP contribution in [0.2, 0.25) is 5.02 Å². The standard InChI is InChI=1S/C20H21ClN2O4/c1-2-26-17-8-6-14(7-9-17)10-19(24)22-12-18-13-23(20(25)27-18)16-5-3-4-15(21)11-16/h3-9,11,18H,2,10,12-13H2,1H3,(H,22,24). The Hall–Kier alpha value is -2.73. The van der Waals surface area contributed by atoms with Crippen molar-refractivity contribution < 1.29 is 19.1 Å². The molecule has 1 N–H and O–H groups in total. The molecule has 0 spiro atoms. The second-order valence-electron chi connectivity index (χ2n) is 6.15. The van der Waals surface area contributed by atoms with E-state index in [4.69, 9.17) is 21.1 Å². The number of rotatable bonds is 7. The molecule has 1 aliphatic rings. The van der Waals surface area contributed by atoms with Gasteiger partial charge in [0, 0.05) is 10.7 Å². The third-order valence-electron chi connectivity index (χ3n) is 4.12. The van der Waals surface area contributed by atoms with Crippen LogP contribution < -0.4 is 15.0 Å². The van der Waals surface area contributed by atoms with Crippen LogP contribution in [-0.2, 0) is 16.0 Å². The maximum absolute atomic E-state index is 12.1. The van der Waals surface area contributed by atoms with E-state index in [1.54, 1.807) is 24.3 Å². The number of hydrogen-bond donors (Lipinski definition) is 1. The summed E-state index contributed by atoms with van der Waals surface area (Å²) in [6.07, 6.45) is -0.589. The monoisotopic (exact) mass is 388 g/mol. The van der Waals surface area contributed by atoms with Gasteiger partial charge >= 0.3 is 6.09 Å². The van der Waals surface area contributed by atoms with Crippen molar-refractivity contribution in [2.75, 3.05) is 24.6 Å². The van der Waals surface area contributed by atoms with E-state index < -0.39 is 12.2 Å². The average molecular weight is 389 g/mol. The highest BCUT2D eigenvalue weighted by Gasteiger charge is 2.32. The highest BCUT2D eigenvalue weighted by molar-refractivity contribution is 6.30. The maximum Gasteiger partial charge on any atom is 0.414 e. The van der Waals surface area contributed by atoms with Crippen molar-refractivity contribution in [2.45, 2.75) is 19.4 Å². The lowest BCUT2D eigenvalue weighted by atomic mass is 10.1. The van der Waals surface area contributed by atoms with Crippen LogP contribution in [0.4, 0.5) is 10.5 Å². The van der Waals surface area contributed by atoms with Gasteiger partial charge in [-0.05, 0) is 42.8 Å². The minimum atomic E-state index is -0.442. The Kier molecular flexibility index (Phi) is 6.19. The highest BCUT2D eigenvalue weighted by atomic mass is 35.5. The molecule has 6 nitrogen and oxygen atoms in total. The number of anilines is 1. The molecule has 0 aromatic heterocycles. The van der Waals surface area contributed by atoms with Gasteiger partial charge in [-0.3, -0.25) is 9.69 Å². The Balaban J connectivity index is 1.48. The smallest absolute Gasteiger partial charge is 0.414 e. The van der Waals surface area contributed by atoms with Gasteiger partial charge in [0.1, 0.15) is 11.9 Å². The Labute approximate surface area is 163 Å². The fourth-order valence-electron chi connectivity index (χ4n) is 2.83. The Bertz CT molecular complexity index is 810. The minimum Gasteiger partial charge on any atom is -0.494 e. The number of ether oxygens (including phenoxy) is 2. The average Bonchev–Trinajstić information content (AvgIpc) is 3.03. The zero-order valence-electron chi connectivity index (χ0n) is 15.0. The van der Waals surface area contributed by atoms with Crippen molar-refractivity contribution in [3.8, 4) is 5.75 Å². The zero-order valence-corrected chi connectivity index (χ0v) is 15.7. The number of carbonyl (C=O) groups excluding carboxylic acids is 2. The predicted molar refractivity (Wildman–Crippen MR) is 103 cm³/mol. The number of amides is 2. The lowest BCUT2D eigenvalue weighted by molar-refractivity contribution is -0.120. The summed E-state index contributed by atoms with van der Waals surface area (Å²) in [5, 5.41) is 3.37. The van der Waals surface area contributed by atoms with Crippen LogP contribution in [0.15, 0.2) is 48.5 Å². The van der Waals surface area contributed by atoms with Crippen LogP contribution in [0, 0.1) is 0 Å². The third-order valence-corrected chi connectivity index (χ3v) is 4.35. The van der Waals surface area contributed by atoms with Crippen molar-refractivity contribution in [1.82, 2.24) is 5.32 Å². The van der Waals surface area contributed by atoms with E-state index in [1.807, 2.05) is 31.2 Å². The summed E-state index contributed by atoms with van der Waals surface area (Å²) >= 11 is 5.97. The van der Waals surface area contributed by atoms with Crippen molar-refractivity contribution >= 4 is 29.3 Å². The molecule has 142 valence electrons. The summed E-state index contributed by atoms with van der Waals surface area (Å²) in [7, 11) is 0. The van der Waals surface area contributed by atoms with Gasteiger partial charge in [0.05, 0.1) is 26.1 Å². The van der Waals surface area contributed by atoms with Gasteiger partial charge in [-0.1, -0.05) is 29.8 Å². The first kappa shape index (κ1) is 19.0. The third kappa shape index (κ3) is 5.14. The van der Waals surface area contributed by atoms with E-state index in [2.05, 4.69) is 5.32 Å². The SMILES string of the molecule is CCOc1ccc(CC(=O)NCC2CN(c3cccc(Cl)c3)C(=O)O2)cc1. The maximum atomic E-state index is 12.1. The summed E-state index contributed by atoms with van der Waals surface area (Å²) in [6, 6.07) is 14.4. The molecule has 1 saturated heterocycles. The molecule has 1 aliphatic heterocycles. The molecule has 1 unspecified atom stereocenters. The largest absolute Gasteiger partial charge is 0.494 e. The van der Waals surface area contributed by atoms with Crippen LogP contribution in [0.5, 0.6) is 5.75 Å². The van der Waals surface area contributed by atoms with E-state index in [9.17, 15) is 9.59 Å². The van der Waals surface area contributed by atoms with E-state index in [0.717, 1.165) is 11.3 Å². The molecule has 2 aromatic rings. The van der Waals surface area contributed by atoms with Gasteiger partial charge in [-0.2, -0.15) is 0 Å². The van der Waals surface area contributed by atoms with Gasteiger partial charge in [0.2, 0.25) is 5.91 Å². The zero-order chi connectivity index (χ0) is 19.2. The molecule has 0 aliphatic carbocycles. The first-order valence-corrected chi connectivity index (χ1v) is 9.15. The fraction of sp³-hybridized carbons (Fsp3) is 0.300. The van der Waals surface area contributed by atoms with Crippen molar-refractivity contribution in [2.24, 2.45) is 0 Å². The number of hydrogen-bond acceptors (Lipinski definition) is 4. The molecule has 0 radical (unpaired) electrons. The molecule has 27 heavy (non-hydrogen) atoms. The molecule has 7 heteroatoms. The first-order valence-electron chi connectivity index (χ1n) is 8.77. The van der Waals surface area contributed by atoms with Crippen LogP contribution in [0.1, 0.15) is 12.5 Å². The molecule has 2 amide bonds. The molecule has 1 heterocycles. The molecule has 2 aromatic carbocycles. The van der Waals surface area contributed by atoms with Gasteiger partial charge in [-0.15, -0.1) is 0 Å². The van der Waals surface area contributed by atoms with Crippen LogP contribution >= 0.6 is 11.6 Å². The lowest BCUT2D eigenvalue weighted by Gasteiger charge is -2.13. The van der Waals surface area contributed by atoms with E-state index >= 15 is 0 Å². The number of benzene rings is 2. The summed E-state index contributed by atoms with van der Waals surface area (Å²) in [4.78, 5) is 25.7. The number of cyclic esters (lactones) is 1. The summed E-state index contributed by atoms with van der Waals surface area (Å²) < 4.78 is 10.7. The van der Waals surface area contributed by atoms with Gasteiger partial charge in [0.25, 0.3) is 0 Å². The van der Waals surface area contributed by atoms with Gasteiger partial charge < -0.3 is 14.8 Å². The quantitative estimate of drug-likeness (QED) is 0.789. The van der Waals surface area contributed by atoms with Crippen LogP contribution in [0.25, 0.3) is 0 Å². The van der Waals surface area contributed by atoms with E-state index in [-0.39, 0.29) is 18.9 Å². The van der Waals surface area contributed by atoms with Crippen molar-refractivity contribution in [3.05, 3.63) is 59.1 Å². The molecule has 1 atom stereocenters. The lowest BCUT2D eigenvalue weighted by Crippen LogP contribution is -2.35. The number of nitrogens with one attached hydrogen (secondary N) is 1. The molecule has 3 rings (SSSR count).